The number of nitrogens with zero attached hydrogens (tertiary/aromatic N) is 2. The van der Waals surface area contributed by atoms with E-state index in [4.69, 9.17) is 10.2 Å². The maximum atomic E-state index is 10.9. The van der Waals surface area contributed by atoms with E-state index in [-0.39, 0.29) is 13.1 Å². The van der Waals surface area contributed by atoms with Crippen LogP contribution in [0.3, 0.4) is 0 Å². The Morgan fingerprint density at radius 2 is 1.80 bits per heavy atom. The number of hydrogen-bond acceptors (Lipinski definition) is 3. The van der Waals surface area contributed by atoms with Gasteiger partial charge in [0.15, 0.2) is 0 Å². The van der Waals surface area contributed by atoms with Gasteiger partial charge in [-0.3, -0.25) is 4.90 Å². The first kappa shape index (κ1) is 10.0. The molecule has 0 spiro atoms. The molecule has 2 heterocycles. The van der Waals surface area contributed by atoms with Crippen molar-refractivity contribution in [2.24, 2.45) is 0 Å². The molecular formula is C8H12N2O5. The molecule has 7 heteroatoms. The van der Waals surface area contributed by atoms with Crippen LogP contribution >= 0.6 is 0 Å². The number of hydrogen-bond donors (Lipinski definition) is 3. The molecule has 2 bridgehead atoms. The third-order valence-electron chi connectivity index (χ3n) is 3.04. The summed E-state index contributed by atoms with van der Waals surface area (Å²) in [6.07, 6.45) is -2.59. The lowest BCUT2D eigenvalue weighted by Gasteiger charge is -2.38. The molecule has 15 heavy (non-hydrogen) atoms. The second-order valence-corrected chi connectivity index (χ2v) is 3.90. The van der Waals surface area contributed by atoms with Crippen LogP contribution in [0.2, 0.25) is 0 Å². The summed E-state index contributed by atoms with van der Waals surface area (Å²) in [5, 5.41) is 27.3. The van der Waals surface area contributed by atoms with Crippen LogP contribution in [-0.4, -0.2) is 68.6 Å². The van der Waals surface area contributed by atoms with E-state index in [0.29, 0.717) is 6.42 Å². The van der Waals surface area contributed by atoms with Gasteiger partial charge in [0.2, 0.25) is 0 Å². The molecule has 2 rings (SSSR count). The zero-order valence-electron chi connectivity index (χ0n) is 7.91. The molecule has 0 aliphatic carbocycles. The zero-order chi connectivity index (χ0) is 11.2. The Morgan fingerprint density at radius 1 is 1.13 bits per heavy atom. The first-order chi connectivity index (χ1) is 7.00. The molecule has 0 aromatic rings. The molecule has 0 saturated carbocycles. The second-order valence-electron chi connectivity index (χ2n) is 3.90. The molecule has 84 valence electrons. The Morgan fingerprint density at radius 3 is 2.27 bits per heavy atom. The zero-order valence-corrected chi connectivity index (χ0v) is 7.91. The van der Waals surface area contributed by atoms with Gasteiger partial charge in [0.1, 0.15) is 0 Å². The van der Waals surface area contributed by atoms with Crippen molar-refractivity contribution in [3.8, 4) is 0 Å². The lowest BCUT2D eigenvalue weighted by atomic mass is 10.2. The lowest BCUT2D eigenvalue weighted by molar-refractivity contribution is 0.0396. The van der Waals surface area contributed by atoms with E-state index in [1.165, 1.54) is 4.90 Å². The fourth-order valence-corrected chi connectivity index (χ4v) is 2.39. The maximum Gasteiger partial charge on any atom is 0.408 e. The van der Waals surface area contributed by atoms with E-state index < -0.39 is 30.4 Å². The van der Waals surface area contributed by atoms with Crippen LogP contribution in [-0.2, 0) is 0 Å². The first-order valence-electron chi connectivity index (χ1n) is 4.68. The second kappa shape index (κ2) is 3.27. The summed E-state index contributed by atoms with van der Waals surface area (Å²) in [5.74, 6) is 0. The van der Waals surface area contributed by atoms with Gasteiger partial charge in [-0.2, -0.15) is 0 Å². The van der Waals surface area contributed by atoms with E-state index in [9.17, 15) is 14.7 Å². The van der Waals surface area contributed by atoms with Crippen LogP contribution in [0, 0.1) is 0 Å². The van der Waals surface area contributed by atoms with Crippen molar-refractivity contribution < 1.29 is 24.9 Å². The van der Waals surface area contributed by atoms with Crippen LogP contribution in [0.25, 0.3) is 0 Å². The number of amides is 2. The average molecular weight is 216 g/mol. The first-order valence-corrected chi connectivity index (χ1v) is 4.68. The number of rotatable bonds is 0. The van der Waals surface area contributed by atoms with Gasteiger partial charge in [-0.15, -0.1) is 0 Å². The fraction of sp³-hybridized carbons (Fsp3) is 0.750. The Hall–Kier alpha value is -1.50. The van der Waals surface area contributed by atoms with Gasteiger partial charge in [0, 0.05) is 13.1 Å². The van der Waals surface area contributed by atoms with E-state index in [2.05, 4.69) is 0 Å². The molecule has 2 fully saturated rings. The minimum atomic E-state index is -1.09. The molecule has 0 aromatic carbocycles. The third-order valence-corrected chi connectivity index (χ3v) is 3.04. The number of fused-ring (bicyclic) bond motifs is 2. The summed E-state index contributed by atoms with van der Waals surface area (Å²) in [6.45, 7) is 0.203. The summed E-state index contributed by atoms with van der Waals surface area (Å²) in [5.41, 5.74) is 0. The van der Waals surface area contributed by atoms with Gasteiger partial charge in [-0.25, -0.2) is 9.59 Å². The van der Waals surface area contributed by atoms with Gasteiger partial charge in [-0.05, 0) is 6.42 Å². The van der Waals surface area contributed by atoms with Crippen LogP contribution in [0.1, 0.15) is 6.42 Å². The highest BCUT2D eigenvalue weighted by Gasteiger charge is 2.49. The number of carboxylic acid groups (broad SMARTS) is 2. The molecule has 3 atom stereocenters. The van der Waals surface area contributed by atoms with Crippen molar-refractivity contribution in [2.75, 3.05) is 13.1 Å². The molecule has 2 amide bonds. The van der Waals surface area contributed by atoms with Gasteiger partial charge in [0.05, 0.1) is 18.2 Å². The Kier molecular flexibility index (Phi) is 2.18. The SMILES string of the molecule is O=C(O)N1C[C@@H]2C[C@@H](O)[C@H](C1)N2C(=O)O. The van der Waals surface area contributed by atoms with Gasteiger partial charge in [0.25, 0.3) is 0 Å². The average Bonchev–Trinajstić information content (AvgIpc) is 2.34. The number of aliphatic hydroxyl groups excluding tert-OH is 1. The Bertz CT molecular complexity index is 307. The van der Waals surface area contributed by atoms with E-state index >= 15 is 0 Å². The highest BCUT2D eigenvalue weighted by atomic mass is 16.4. The summed E-state index contributed by atoms with van der Waals surface area (Å²) in [4.78, 5) is 23.9. The van der Waals surface area contributed by atoms with Crippen molar-refractivity contribution in [2.45, 2.75) is 24.6 Å². The molecule has 3 N–H and O–H groups in total. The molecule has 7 nitrogen and oxygen atoms in total. The molecule has 0 radical (unpaired) electrons. The standard InChI is InChI=1S/C8H12N2O5/c11-6-1-4-2-9(7(12)13)3-5(6)10(4)8(14)15/h4-6,11H,1-3H2,(H,12,13)(H,14,15)/t4-,5-,6+/m0/s1. The normalized spacial score (nSPS) is 34.3. The smallest absolute Gasteiger partial charge is 0.408 e. The van der Waals surface area contributed by atoms with Gasteiger partial charge >= 0.3 is 12.2 Å². The monoisotopic (exact) mass is 216 g/mol. The summed E-state index contributed by atoms with van der Waals surface area (Å²) in [6, 6.07) is -1.02. The van der Waals surface area contributed by atoms with E-state index in [1.54, 1.807) is 0 Å². The lowest BCUT2D eigenvalue weighted by Crippen LogP contribution is -2.57. The summed E-state index contributed by atoms with van der Waals surface area (Å²) >= 11 is 0. The van der Waals surface area contributed by atoms with Crippen LogP contribution in [0.5, 0.6) is 0 Å². The van der Waals surface area contributed by atoms with Crippen molar-refractivity contribution in [1.29, 1.82) is 0 Å². The quantitative estimate of drug-likeness (QED) is 0.505. The number of aliphatic hydroxyl groups is 1. The minimum absolute atomic E-state index is 0.0549. The van der Waals surface area contributed by atoms with Crippen LogP contribution in [0.4, 0.5) is 9.59 Å². The predicted octanol–water partition coefficient (Wildman–Crippen LogP) is -0.538. The largest absolute Gasteiger partial charge is 0.465 e. The van der Waals surface area contributed by atoms with Crippen molar-refractivity contribution in [3.63, 3.8) is 0 Å². The van der Waals surface area contributed by atoms with Crippen molar-refractivity contribution >= 4 is 12.2 Å². The highest BCUT2D eigenvalue weighted by Crippen LogP contribution is 2.30. The number of carbonyl (C=O) groups is 2. The van der Waals surface area contributed by atoms with Gasteiger partial charge in [-0.1, -0.05) is 0 Å². The van der Waals surface area contributed by atoms with Crippen molar-refractivity contribution in [1.82, 2.24) is 9.80 Å². The fourth-order valence-electron chi connectivity index (χ4n) is 2.39. The molecule has 0 aromatic heterocycles. The molecule has 0 unspecified atom stereocenters. The third kappa shape index (κ3) is 1.48. The Labute approximate surface area is 85.5 Å². The molecule has 2 aliphatic heterocycles. The minimum Gasteiger partial charge on any atom is -0.465 e. The van der Waals surface area contributed by atoms with Crippen molar-refractivity contribution in [3.05, 3.63) is 0 Å². The van der Waals surface area contributed by atoms with Crippen LogP contribution in [0.15, 0.2) is 0 Å². The molecule has 2 saturated heterocycles. The highest BCUT2D eigenvalue weighted by molar-refractivity contribution is 5.69. The maximum absolute atomic E-state index is 10.9. The molecule has 2 aliphatic rings. The summed E-state index contributed by atoms with van der Waals surface area (Å²) in [7, 11) is 0. The topological polar surface area (TPSA) is 101 Å². The van der Waals surface area contributed by atoms with E-state index in [0.717, 1.165) is 4.90 Å². The Balaban J connectivity index is 2.18. The predicted molar refractivity (Wildman–Crippen MR) is 47.7 cm³/mol. The number of likely N-dealkylation sites (tertiary alicyclic amines) is 1. The van der Waals surface area contributed by atoms with Gasteiger partial charge < -0.3 is 20.2 Å². The summed E-state index contributed by atoms with van der Waals surface area (Å²) < 4.78 is 0. The van der Waals surface area contributed by atoms with Crippen LogP contribution < -0.4 is 0 Å². The molecular weight excluding hydrogens is 204 g/mol. The van der Waals surface area contributed by atoms with E-state index in [1.807, 2.05) is 0 Å². The number of piperazine rings is 1.